The molecule has 2 N–H and O–H groups in total. The molecule has 0 saturated heterocycles. The molecule has 0 aliphatic rings. The molecule has 2 heterocycles. The van der Waals surface area contributed by atoms with Gasteiger partial charge in [0.1, 0.15) is 11.5 Å². The first kappa shape index (κ1) is 16.2. The van der Waals surface area contributed by atoms with Crippen molar-refractivity contribution in [2.75, 3.05) is 0 Å². The Morgan fingerprint density at radius 2 is 1.92 bits per heavy atom. The van der Waals surface area contributed by atoms with E-state index >= 15 is 0 Å². The van der Waals surface area contributed by atoms with Crippen LogP contribution in [0.15, 0.2) is 76.4 Å². The van der Waals surface area contributed by atoms with Crippen molar-refractivity contribution in [1.82, 2.24) is 10.4 Å². The SMILES string of the molecule is O=C(N/N=C/c1ccco1)c1[nH]c2c(Cl)cccc2c1-c1ccccc1. The largest absolute Gasteiger partial charge is 0.463 e. The van der Waals surface area contributed by atoms with E-state index in [2.05, 4.69) is 15.5 Å². The molecule has 128 valence electrons. The van der Waals surface area contributed by atoms with Crippen LogP contribution in [-0.2, 0) is 0 Å². The number of aromatic amines is 1. The third kappa shape index (κ3) is 3.00. The first-order valence-electron chi connectivity index (χ1n) is 7.96. The number of carbonyl (C=O) groups is 1. The summed E-state index contributed by atoms with van der Waals surface area (Å²) in [5.41, 5.74) is 5.34. The highest BCUT2D eigenvalue weighted by molar-refractivity contribution is 6.36. The zero-order valence-corrected chi connectivity index (χ0v) is 14.3. The molecule has 2 aromatic heterocycles. The number of para-hydroxylation sites is 1. The van der Waals surface area contributed by atoms with E-state index in [0.717, 1.165) is 16.5 Å². The number of nitrogens with one attached hydrogen (secondary N) is 2. The number of amides is 1. The van der Waals surface area contributed by atoms with Crippen molar-refractivity contribution in [1.29, 1.82) is 0 Å². The fourth-order valence-corrected chi connectivity index (χ4v) is 3.05. The Kier molecular flexibility index (Phi) is 4.29. The van der Waals surface area contributed by atoms with Crippen LogP contribution in [-0.4, -0.2) is 17.1 Å². The second-order valence-electron chi connectivity index (χ2n) is 5.62. The molecule has 0 radical (unpaired) electrons. The van der Waals surface area contributed by atoms with Gasteiger partial charge in [-0.25, -0.2) is 5.43 Å². The van der Waals surface area contributed by atoms with Crippen LogP contribution in [0.3, 0.4) is 0 Å². The van der Waals surface area contributed by atoms with Gasteiger partial charge in [-0.05, 0) is 23.8 Å². The van der Waals surface area contributed by atoms with Crippen LogP contribution in [0.25, 0.3) is 22.0 Å². The van der Waals surface area contributed by atoms with Crippen molar-refractivity contribution in [3.63, 3.8) is 0 Å². The Morgan fingerprint density at radius 3 is 2.69 bits per heavy atom. The summed E-state index contributed by atoms with van der Waals surface area (Å²) in [4.78, 5) is 15.9. The normalized spacial score (nSPS) is 11.3. The van der Waals surface area contributed by atoms with Crippen LogP contribution < -0.4 is 5.43 Å². The first-order valence-corrected chi connectivity index (χ1v) is 8.34. The zero-order valence-electron chi connectivity index (χ0n) is 13.6. The summed E-state index contributed by atoms with van der Waals surface area (Å²) in [5.74, 6) is 0.187. The number of hydrazone groups is 1. The highest BCUT2D eigenvalue weighted by Crippen LogP contribution is 2.35. The molecule has 4 rings (SSSR count). The lowest BCUT2D eigenvalue weighted by molar-refractivity contribution is 0.0951. The Bertz CT molecular complexity index is 1080. The van der Waals surface area contributed by atoms with E-state index in [-0.39, 0.29) is 5.91 Å². The molecule has 0 spiro atoms. The monoisotopic (exact) mass is 363 g/mol. The topological polar surface area (TPSA) is 70.4 Å². The molecule has 26 heavy (non-hydrogen) atoms. The second kappa shape index (κ2) is 6.90. The smallest absolute Gasteiger partial charge is 0.288 e. The molecule has 2 aromatic carbocycles. The van der Waals surface area contributed by atoms with E-state index in [4.69, 9.17) is 16.0 Å². The minimum Gasteiger partial charge on any atom is -0.463 e. The number of furan rings is 1. The average molecular weight is 364 g/mol. The van der Waals surface area contributed by atoms with Gasteiger partial charge in [-0.1, -0.05) is 54.1 Å². The van der Waals surface area contributed by atoms with Crippen LogP contribution >= 0.6 is 11.6 Å². The minimum atomic E-state index is -0.362. The van der Waals surface area contributed by atoms with Crippen LogP contribution in [0.1, 0.15) is 16.2 Å². The van der Waals surface area contributed by atoms with E-state index in [1.54, 1.807) is 18.2 Å². The van der Waals surface area contributed by atoms with Gasteiger partial charge in [-0.15, -0.1) is 0 Å². The predicted octanol–water partition coefficient (Wildman–Crippen LogP) is 4.85. The Balaban J connectivity index is 1.76. The van der Waals surface area contributed by atoms with Crippen LogP contribution in [0, 0.1) is 0 Å². The molecule has 0 saturated carbocycles. The highest BCUT2D eigenvalue weighted by Gasteiger charge is 2.20. The molecule has 0 bridgehead atoms. The molecule has 4 aromatic rings. The highest BCUT2D eigenvalue weighted by atomic mass is 35.5. The fourth-order valence-electron chi connectivity index (χ4n) is 2.83. The summed E-state index contributed by atoms with van der Waals surface area (Å²) < 4.78 is 5.15. The maximum absolute atomic E-state index is 12.7. The number of carbonyl (C=O) groups excluding carboxylic acids is 1. The zero-order chi connectivity index (χ0) is 17.9. The fraction of sp³-hybridized carbons (Fsp3) is 0. The number of halogens is 1. The predicted molar refractivity (Wildman–Crippen MR) is 103 cm³/mol. The summed E-state index contributed by atoms with van der Waals surface area (Å²) in [6, 6.07) is 18.8. The van der Waals surface area contributed by atoms with E-state index in [1.807, 2.05) is 42.5 Å². The molecule has 6 heteroatoms. The van der Waals surface area contributed by atoms with E-state index in [1.165, 1.54) is 12.5 Å². The van der Waals surface area contributed by atoms with Crippen molar-refractivity contribution < 1.29 is 9.21 Å². The van der Waals surface area contributed by atoms with Crippen LogP contribution in [0.4, 0.5) is 0 Å². The van der Waals surface area contributed by atoms with Crippen molar-refractivity contribution >= 4 is 34.6 Å². The van der Waals surface area contributed by atoms with Gasteiger partial charge in [0.2, 0.25) is 0 Å². The molecule has 0 aliphatic heterocycles. The number of nitrogens with zero attached hydrogens (tertiary/aromatic N) is 1. The van der Waals surface area contributed by atoms with E-state index in [0.29, 0.717) is 22.0 Å². The summed E-state index contributed by atoms with van der Waals surface area (Å²) in [7, 11) is 0. The molecule has 0 unspecified atom stereocenters. The van der Waals surface area contributed by atoms with Crippen molar-refractivity contribution in [2.45, 2.75) is 0 Å². The summed E-state index contributed by atoms with van der Waals surface area (Å²) >= 11 is 6.30. The minimum absolute atomic E-state index is 0.362. The summed E-state index contributed by atoms with van der Waals surface area (Å²) in [6.45, 7) is 0. The summed E-state index contributed by atoms with van der Waals surface area (Å²) in [5, 5.41) is 5.38. The molecule has 0 aliphatic carbocycles. The average Bonchev–Trinajstić information content (AvgIpc) is 3.30. The van der Waals surface area contributed by atoms with Gasteiger partial charge in [-0.2, -0.15) is 5.10 Å². The van der Waals surface area contributed by atoms with Crippen molar-refractivity contribution in [2.24, 2.45) is 5.10 Å². The molecular weight excluding hydrogens is 350 g/mol. The lowest BCUT2D eigenvalue weighted by Gasteiger charge is -2.04. The molecular formula is C20H14ClN3O2. The van der Waals surface area contributed by atoms with Gasteiger partial charge >= 0.3 is 0 Å². The van der Waals surface area contributed by atoms with Gasteiger partial charge < -0.3 is 9.40 Å². The van der Waals surface area contributed by atoms with Crippen LogP contribution in [0.2, 0.25) is 5.02 Å². The maximum Gasteiger partial charge on any atom is 0.288 e. The number of hydrogen-bond donors (Lipinski definition) is 2. The van der Waals surface area contributed by atoms with Crippen molar-refractivity contribution in [3.8, 4) is 11.1 Å². The lowest BCUT2D eigenvalue weighted by Crippen LogP contribution is -2.18. The molecule has 5 nitrogen and oxygen atoms in total. The standard InChI is InChI=1S/C20H14ClN3O2/c21-16-10-4-9-15-17(13-6-2-1-3-7-13)19(23-18(15)16)20(25)24-22-12-14-8-5-11-26-14/h1-12,23H,(H,24,25)/b22-12+. The molecule has 0 atom stereocenters. The quantitative estimate of drug-likeness (QED) is 0.402. The van der Waals surface area contributed by atoms with Gasteiger partial charge in [0.15, 0.2) is 0 Å². The number of benzene rings is 2. The third-order valence-electron chi connectivity index (χ3n) is 3.97. The number of H-pyrrole nitrogens is 1. The van der Waals surface area contributed by atoms with Crippen LogP contribution in [0.5, 0.6) is 0 Å². The van der Waals surface area contributed by atoms with Gasteiger partial charge in [0.05, 0.1) is 23.0 Å². The number of rotatable bonds is 4. The Hall–Kier alpha value is -3.31. The molecule has 1 amide bonds. The Morgan fingerprint density at radius 1 is 1.08 bits per heavy atom. The number of fused-ring (bicyclic) bond motifs is 1. The second-order valence-corrected chi connectivity index (χ2v) is 6.03. The molecule has 0 fully saturated rings. The van der Waals surface area contributed by atoms with Gasteiger partial charge in [-0.3, -0.25) is 4.79 Å². The van der Waals surface area contributed by atoms with E-state index < -0.39 is 0 Å². The van der Waals surface area contributed by atoms with Gasteiger partial charge in [0.25, 0.3) is 5.91 Å². The van der Waals surface area contributed by atoms with E-state index in [9.17, 15) is 4.79 Å². The maximum atomic E-state index is 12.7. The Labute approximate surface area is 154 Å². The number of aromatic nitrogens is 1. The number of hydrogen-bond acceptors (Lipinski definition) is 3. The van der Waals surface area contributed by atoms with Crippen molar-refractivity contribution in [3.05, 3.63) is 83.4 Å². The lowest BCUT2D eigenvalue weighted by atomic mass is 10.0. The first-order chi connectivity index (χ1) is 12.7. The van der Waals surface area contributed by atoms with Gasteiger partial charge in [0, 0.05) is 10.9 Å². The third-order valence-corrected chi connectivity index (χ3v) is 4.29. The summed E-state index contributed by atoms with van der Waals surface area (Å²) in [6.07, 6.45) is 2.98.